The zero-order valence-electron chi connectivity index (χ0n) is 22.6. The zero-order chi connectivity index (χ0) is 26.7. The number of fused-ring (bicyclic) bond motifs is 4. The third-order valence-corrected chi connectivity index (χ3v) is 10.4. The molecule has 210 valence electrons. The Morgan fingerprint density at radius 3 is 2.51 bits per heavy atom. The van der Waals surface area contributed by atoms with Crippen molar-refractivity contribution in [3.05, 3.63) is 58.2 Å². The van der Waals surface area contributed by atoms with Gasteiger partial charge in [-0.15, -0.1) is 18.8 Å². The Morgan fingerprint density at radius 2 is 1.85 bits per heavy atom. The second-order valence-corrected chi connectivity index (χ2v) is 12.3. The van der Waals surface area contributed by atoms with Crippen LogP contribution in [0.15, 0.2) is 52.2 Å². The molecule has 0 heterocycles. The number of alkyl halides is 2. The van der Waals surface area contributed by atoms with Gasteiger partial charge in [-0.1, -0.05) is 41.9 Å². The summed E-state index contributed by atoms with van der Waals surface area (Å²) in [6, 6.07) is 8.85. The molecule has 5 aliphatic carbocycles. The first-order valence-electron chi connectivity index (χ1n) is 14.2. The van der Waals surface area contributed by atoms with Crippen LogP contribution >= 0.6 is 12.4 Å². The topological polar surface area (TPSA) is 67.8 Å². The smallest absolute Gasteiger partial charge is 0.336 e. The SMILES string of the molecule is C#CC(F)(F)[C@]1(O)CC[C@H]2[C@@H]3CCC4=C/C(=N/OCCN)CCC4=C3[C@H](c3ccc(C4CC4)cc3)C[C@@]21C.Cl. The van der Waals surface area contributed by atoms with Gasteiger partial charge in [0.2, 0.25) is 0 Å². The van der Waals surface area contributed by atoms with Gasteiger partial charge < -0.3 is 15.7 Å². The predicted octanol–water partition coefficient (Wildman–Crippen LogP) is 6.65. The van der Waals surface area contributed by atoms with E-state index in [0.717, 1.165) is 37.0 Å². The number of aliphatic hydroxyl groups is 1. The maximum Gasteiger partial charge on any atom is 0.336 e. The standard InChI is InChI=1S/C32H38F2N2O2.ClH/c1-3-32(33,34)31(37)15-14-28-26-12-10-23-18-24(36-38-17-16-35)11-13-25(23)29(26)27(19-30(28,31)2)22-8-6-21(7-9-22)20-4-5-20;/h1,6-9,18,20,26-28,37H,4-5,10-17,19,35H2,2H3;1H/b36-24+;/t26-,27-,28-,30-,31-;/m0./s1. The number of benzene rings is 1. The molecule has 0 unspecified atom stereocenters. The van der Waals surface area contributed by atoms with Gasteiger partial charge >= 0.3 is 5.92 Å². The van der Waals surface area contributed by atoms with Gasteiger partial charge in [0.15, 0.2) is 0 Å². The summed E-state index contributed by atoms with van der Waals surface area (Å²) in [5.41, 5.74) is 9.88. The lowest BCUT2D eigenvalue weighted by Crippen LogP contribution is -2.60. The lowest BCUT2D eigenvalue weighted by Gasteiger charge is -2.55. The molecule has 3 N–H and O–H groups in total. The van der Waals surface area contributed by atoms with Crippen LogP contribution in [0, 0.1) is 29.6 Å². The molecule has 5 atom stereocenters. The minimum atomic E-state index is -3.57. The predicted molar refractivity (Wildman–Crippen MR) is 152 cm³/mol. The molecular formula is C32H39ClF2N2O2. The van der Waals surface area contributed by atoms with E-state index in [-0.39, 0.29) is 36.6 Å². The van der Waals surface area contributed by atoms with Crippen LogP contribution in [0.1, 0.15) is 87.7 Å². The number of terminal acetylenes is 1. The first-order chi connectivity index (χ1) is 18.2. The van der Waals surface area contributed by atoms with E-state index in [1.165, 1.54) is 35.1 Å². The first kappa shape index (κ1) is 28.3. The lowest BCUT2D eigenvalue weighted by atomic mass is 9.50. The van der Waals surface area contributed by atoms with Gasteiger partial charge in [-0.25, -0.2) is 0 Å². The van der Waals surface area contributed by atoms with E-state index in [1.54, 1.807) is 5.92 Å². The van der Waals surface area contributed by atoms with Crippen LogP contribution in [0.3, 0.4) is 0 Å². The highest BCUT2D eigenvalue weighted by Gasteiger charge is 2.71. The fourth-order valence-electron chi connectivity index (χ4n) is 8.28. The van der Waals surface area contributed by atoms with Crippen LogP contribution < -0.4 is 5.73 Å². The van der Waals surface area contributed by atoms with Gasteiger partial charge in [0.1, 0.15) is 12.2 Å². The Labute approximate surface area is 236 Å². The summed E-state index contributed by atoms with van der Waals surface area (Å²) in [5, 5.41) is 16.0. The van der Waals surface area contributed by atoms with E-state index in [0.29, 0.717) is 31.9 Å². The summed E-state index contributed by atoms with van der Waals surface area (Å²) < 4.78 is 30.5. The highest BCUT2D eigenvalue weighted by molar-refractivity contribution is 5.97. The summed E-state index contributed by atoms with van der Waals surface area (Å²) in [5.74, 6) is -1.14. The second kappa shape index (κ2) is 10.3. The van der Waals surface area contributed by atoms with E-state index in [9.17, 15) is 5.11 Å². The number of oxime groups is 1. The number of hydrogen-bond acceptors (Lipinski definition) is 4. The minimum Gasteiger partial charge on any atom is -0.394 e. The summed E-state index contributed by atoms with van der Waals surface area (Å²) in [7, 11) is 0. The molecule has 1 aromatic carbocycles. The quantitative estimate of drug-likeness (QED) is 0.234. The summed E-state index contributed by atoms with van der Waals surface area (Å²) in [4.78, 5) is 5.36. The van der Waals surface area contributed by atoms with Crippen molar-refractivity contribution in [2.45, 2.75) is 88.1 Å². The fourth-order valence-corrected chi connectivity index (χ4v) is 8.28. The summed E-state index contributed by atoms with van der Waals surface area (Å²) in [6.45, 7) is 2.71. The van der Waals surface area contributed by atoms with E-state index >= 15 is 8.78 Å². The molecule has 3 fully saturated rings. The average Bonchev–Trinajstić information content (AvgIpc) is 3.73. The van der Waals surface area contributed by atoms with E-state index in [1.807, 2.05) is 6.92 Å². The molecule has 0 aliphatic heterocycles. The molecule has 1 aromatic rings. The third-order valence-electron chi connectivity index (χ3n) is 10.4. The van der Waals surface area contributed by atoms with Crippen LogP contribution in [0.2, 0.25) is 0 Å². The van der Waals surface area contributed by atoms with Crippen molar-refractivity contribution in [3.8, 4) is 12.3 Å². The van der Waals surface area contributed by atoms with Gasteiger partial charge in [0.05, 0.1) is 5.71 Å². The first-order valence-corrected chi connectivity index (χ1v) is 14.2. The highest BCUT2D eigenvalue weighted by Crippen LogP contribution is 2.69. The molecule has 39 heavy (non-hydrogen) atoms. The number of allylic oxidation sites excluding steroid dienone is 4. The molecule has 0 amide bonds. The molecular weight excluding hydrogens is 518 g/mol. The van der Waals surface area contributed by atoms with Crippen LogP contribution in [-0.2, 0) is 4.84 Å². The van der Waals surface area contributed by atoms with Crippen LogP contribution in [0.4, 0.5) is 8.78 Å². The number of halogens is 3. The summed E-state index contributed by atoms with van der Waals surface area (Å²) >= 11 is 0. The Kier molecular flexibility index (Phi) is 7.50. The summed E-state index contributed by atoms with van der Waals surface area (Å²) in [6.07, 6.45) is 14.4. The van der Waals surface area contributed by atoms with Gasteiger partial charge in [-0.05, 0) is 110 Å². The fraction of sp³-hybridized carbons (Fsp3) is 0.594. The van der Waals surface area contributed by atoms with Crippen molar-refractivity contribution in [2.75, 3.05) is 13.2 Å². The molecule has 0 spiro atoms. The van der Waals surface area contributed by atoms with Gasteiger partial charge in [-0.3, -0.25) is 0 Å². The molecule has 4 nitrogen and oxygen atoms in total. The number of hydrogen-bond donors (Lipinski definition) is 2. The molecule has 7 heteroatoms. The second-order valence-electron chi connectivity index (χ2n) is 12.3. The van der Waals surface area contributed by atoms with Gasteiger partial charge in [0, 0.05) is 17.9 Å². The average molecular weight is 557 g/mol. The highest BCUT2D eigenvalue weighted by atomic mass is 35.5. The van der Waals surface area contributed by atoms with Gasteiger partial charge in [0.25, 0.3) is 0 Å². The largest absolute Gasteiger partial charge is 0.394 e. The van der Waals surface area contributed by atoms with E-state index < -0.39 is 16.9 Å². The monoisotopic (exact) mass is 556 g/mol. The maximum atomic E-state index is 15.3. The molecule has 0 radical (unpaired) electrons. The number of nitrogens with zero attached hydrogens (tertiary/aromatic N) is 1. The van der Waals surface area contributed by atoms with Gasteiger partial charge in [-0.2, -0.15) is 8.78 Å². The Hall–Kier alpha value is -2.20. The Bertz CT molecular complexity index is 1250. The number of rotatable bonds is 6. The van der Waals surface area contributed by atoms with Crippen molar-refractivity contribution in [2.24, 2.45) is 28.1 Å². The molecule has 0 aromatic heterocycles. The molecule has 5 aliphatic rings. The van der Waals surface area contributed by atoms with Crippen molar-refractivity contribution in [1.29, 1.82) is 0 Å². The maximum absolute atomic E-state index is 15.3. The lowest BCUT2D eigenvalue weighted by molar-refractivity contribution is -0.209. The minimum absolute atomic E-state index is 0. The van der Waals surface area contributed by atoms with Crippen molar-refractivity contribution in [1.82, 2.24) is 0 Å². The van der Waals surface area contributed by atoms with Crippen LogP contribution in [0.25, 0.3) is 0 Å². The Balaban J connectivity index is 0.00000308. The van der Waals surface area contributed by atoms with Crippen molar-refractivity contribution >= 4 is 18.1 Å². The normalized spacial score (nSPS) is 34.8. The Morgan fingerprint density at radius 1 is 1.13 bits per heavy atom. The molecule has 0 bridgehead atoms. The zero-order valence-corrected chi connectivity index (χ0v) is 23.4. The van der Waals surface area contributed by atoms with Crippen LogP contribution in [-0.4, -0.2) is 35.5 Å². The van der Waals surface area contributed by atoms with Crippen LogP contribution in [0.5, 0.6) is 0 Å². The van der Waals surface area contributed by atoms with E-state index in [4.69, 9.17) is 17.0 Å². The van der Waals surface area contributed by atoms with Crippen molar-refractivity contribution < 1.29 is 18.7 Å². The van der Waals surface area contributed by atoms with Crippen molar-refractivity contribution in [3.63, 3.8) is 0 Å². The molecule has 0 saturated heterocycles. The van der Waals surface area contributed by atoms with E-state index in [2.05, 4.69) is 35.5 Å². The third kappa shape index (κ3) is 4.46. The number of nitrogens with two attached hydrogens (primary N) is 1. The molecule has 6 rings (SSSR count). The molecule has 3 saturated carbocycles.